The molecule has 1 aliphatic heterocycles. The van der Waals surface area contributed by atoms with Gasteiger partial charge in [0.2, 0.25) is 5.91 Å². The molecule has 0 aliphatic carbocycles. The molecule has 4 heteroatoms. The van der Waals surface area contributed by atoms with Crippen LogP contribution in [0.15, 0.2) is 18.2 Å². The van der Waals surface area contributed by atoms with Crippen LogP contribution in [-0.2, 0) is 4.79 Å². The predicted octanol–water partition coefficient (Wildman–Crippen LogP) is 3.27. The van der Waals surface area contributed by atoms with Gasteiger partial charge in [0.15, 0.2) is 0 Å². The Labute approximate surface area is 134 Å². The number of carbonyl (C=O) groups is 1. The second-order valence-corrected chi connectivity index (χ2v) is 6.07. The smallest absolute Gasteiger partial charge is 0.224 e. The molecular weight excluding hydrogens is 274 g/mol. The van der Waals surface area contributed by atoms with E-state index < -0.39 is 0 Å². The molecule has 0 bridgehead atoms. The third-order valence-corrected chi connectivity index (χ3v) is 4.43. The first-order valence-electron chi connectivity index (χ1n) is 8.51. The normalized spacial score (nSPS) is 15.9. The summed E-state index contributed by atoms with van der Waals surface area (Å²) in [6, 6.07) is 6.36. The van der Waals surface area contributed by atoms with E-state index in [0.717, 1.165) is 56.8 Å². The van der Waals surface area contributed by atoms with E-state index >= 15 is 0 Å². The topological polar surface area (TPSA) is 35.6 Å². The van der Waals surface area contributed by atoms with E-state index in [1.165, 1.54) is 5.69 Å². The van der Waals surface area contributed by atoms with Crippen molar-refractivity contribution in [2.75, 3.05) is 42.9 Å². The van der Waals surface area contributed by atoms with Crippen LogP contribution in [0, 0.1) is 6.92 Å². The van der Waals surface area contributed by atoms with E-state index in [1.807, 2.05) is 6.07 Å². The molecule has 1 amide bonds. The molecule has 0 saturated carbocycles. The molecule has 122 valence electrons. The van der Waals surface area contributed by atoms with Crippen LogP contribution in [-0.4, -0.2) is 43.5 Å². The first-order valence-corrected chi connectivity index (χ1v) is 8.51. The molecule has 1 N–H and O–H groups in total. The Kier molecular flexibility index (Phi) is 6.25. The standard InChI is InChI=1S/C18H29N3O/c1-4-6-7-18(22)19-17-9-8-16(14-15(17)3)21-12-10-20(5-2)11-13-21/h8-9,14H,4-7,10-13H2,1-3H3,(H,19,22). The van der Waals surface area contributed by atoms with Gasteiger partial charge in [0, 0.05) is 44.0 Å². The number of likely N-dealkylation sites (N-methyl/N-ethyl adjacent to an activating group) is 1. The van der Waals surface area contributed by atoms with Gasteiger partial charge in [0.1, 0.15) is 0 Å². The zero-order valence-electron chi connectivity index (χ0n) is 14.2. The Morgan fingerprint density at radius 2 is 1.91 bits per heavy atom. The van der Waals surface area contributed by atoms with Gasteiger partial charge in [-0.05, 0) is 43.7 Å². The molecule has 1 aromatic carbocycles. The van der Waals surface area contributed by atoms with E-state index in [1.54, 1.807) is 0 Å². The number of piperazine rings is 1. The highest BCUT2D eigenvalue weighted by atomic mass is 16.1. The molecule has 22 heavy (non-hydrogen) atoms. The van der Waals surface area contributed by atoms with Crippen LogP contribution < -0.4 is 10.2 Å². The van der Waals surface area contributed by atoms with Crippen molar-refractivity contribution in [1.29, 1.82) is 0 Å². The number of anilines is 2. The molecule has 1 heterocycles. The van der Waals surface area contributed by atoms with Crippen molar-refractivity contribution in [3.05, 3.63) is 23.8 Å². The van der Waals surface area contributed by atoms with E-state index in [-0.39, 0.29) is 5.91 Å². The van der Waals surface area contributed by atoms with E-state index in [9.17, 15) is 4.79 Å². The molecule has 1 aliphatic rings. The molecule has 1 fully saturated rings. The third kappa shape index (κ3) is 4.47. The highest BCUT2D eigenvalue weighted by Crippen LogP contribution is 2.24. The van der Waals surface area contributed by atoms with Gasteiger partial charge in [-0.15, -0.1) is 0 Å². The Balaban J connectivity index is 1.96. The van der Waals surface area contributed by atoms with Crippen LogP contribution in [0.1, 0.15) is 38.7 Å². The lowest BCUT2D eigenvalue weighted by Crippen LogP contribution is -2.46. The highest BCUT2D eigenvalue weighted by Gasteiger charge is 2.16. The minimum Gasteiger partial charge on any atom is -0.369 e. The van der Waals surface area contributed by atoms with Crippen molar-refractivity contribution in [1.82, 2.24) is 4.90 Å². The number of nitrogens with zero attached hydrogens (tertiary/aromatic N) is 2. The number of nitrogens with one attached hydrogen (secondary N) is 1. The SMILES string of the molecule is CCCCC(=O)Nc1ccc(N2CCN(CC)CC2)cc1C. The second kappa shape index (κ2) is 8.18. The molecule has 0 atom stereocenters. The number of hydrogen-bond donors (Lipinski definition) is 1. The summed E-state index contributed by atoms with van der Waals surface area (Å²) in [5, 5.41) is 3.03. The zero-order chi connectivity index (χ0) is 15.9. The minimum absolute atomic E-state index is 0.120. The highest BCUT2D eigenvalue weighted by molar-refractivity contribution is 5.91. The molecule has 2 rings (SSSR count). The summed E-state index contributed by atoms with van der Waals surface area (Å²) in [5.41, 5.74) is 3.34. The molecule has 4 nitrogen and oxygen atoms in total. The second-order valence-electron chi connectivity index (χ2n) is 6.07. The first-order chi connectivity index (χ1) is 10.6. The maximum absolute atomic E-state index is 11.9. The van der Waals surface area contributed by atoms with Crippen molar-refractivity contribution in [3.63, 3.8) is 0 Å². The van der Waals surface area contributed by atoms with Gasteiger partial charge < -0.3 is 15.1 Å². The van der Waals surface area contributed by atoms with E-state index in [4.69, 9.17) is 0 Å². The van der Waals surface area contributed by atoms with Gasteiger partial charge in [0.05, 0.1) is 0 Å². The summed E-state index contributed by atoms with van der Waals surface area (Å²) in [6.45, 7) is 11.9. The van der Waals surface area contributed by atoms with Crippen LogP contribution >= 0.6 is 0 Å². The molecule has 1 aromatic rings. The number of rotatable bonds is 6. The largest absolute Gasteiger partial charge is 0.369 e. The number of benzene rings is 1. The van der Waals surface area contributed by atoms with Crippen molar-refractivity contribution >= 4 is 17.3 Å². The summed E-state index contributed by atoms with van der Waals surface area (Å²) >= 11 is 0. The number of hydrogen-bond acceptors (Lipinski definition) is 3. The van der Waals surface area contributed by atoms with Crippen molar-refractivity contribution in [2.45, 2.75) is 40.0 Å². The molecule has 0 aromatic heterocycles. The zero-order valence-corrected chi connectivity index (χ0v) is 14.2. The number of amides is 1. The summed E-state index contributed by atoms with van der Waals surface area (Å²) in [6.07, 6.45) is 2.61. The average molecular weight is 303 g/mol. The quantitative estimate of drug-likeness (QED) is 0.876. The summed E-state index contributed by atoms with van der Waals surface area (Å²) < 4.78 is 0. The minimum atomic E-state index is 0.120. The lowest BCUT2D eigenvalue weighted by molar-refractivity contribution is -0.116. The first kappa shape index (κ1) is 16.8. The third-order valence-electron chi connectivity index (χ3n) is 4.43. The fourth-order valence-electron chi connectivity index (χ4n) is 2.86. The van der Waals surface area contributed by atoms with Gasteiger partial charge in [-0.25, -0.2) is 0 Å². The average Bonchev–Trinajstić information content (AvgIpc) is 2.55. The van der Waals surface area contributed by atoms with E-state index in [2.05, 4.69) is 48.0 Å². The maximum atomic E-state index is 11.9. The summed E-state index contributed by atoms with van der Waals surface area (Å²) in [4.78, 5) is 16.8. The van der Waals surface area contributed by atoms with Crippen LogP contribution in [0.5, 0.6) is 0 Å². The van der Waals surface area contributed by atoms with Crippen molar-refractivity contribution in [3.8, 4) is 0 Å². The molecule has 0 radical (unpaired) electrons. The predicted molar refractivity (Wildman–Crippen MR) is 93.7 cm³/mol. The lowest BCUT2D eigenvalue weighted by atomic mass is 10.1. The molecular formula is C18H29N3O. The van der Waals surface area contributed by atoms with E-state index in [0.29, 0.717) is 6.42 Å². The Morgan fingerprint density at radius 3 is 2.50 bits per heavy atom. The lowest BCUT2D eigenvalue weighted by Gasteiger charge is -2.35. The maximum Gasteiger partial charge on any atom is 0.224 e. The number of unbranched alkanes of at least 4 members (excludes halogenated alkanes) is 1. The van der Waals surface area contributed by atoms with Gasteiger partial charge in [-0.1, -0.05) is 20.3 Å². The van der Waals surface area contributed by atoms with Crippen LogP contribution in [0.2, 0.25) is 0 Å². The Bertz CT molecular complexity index is 493. The fraction of sp³-hybridized carbons (Fsp3) is 0.611. The summed E-state index contributed by atoms with van der Waals surface area (Å²) in [5.74, 6) is 0.120. The van der Waals surface area contributed by atoms with Gasteiger partial charge in [-0.2, -0.15) is 0 Å². The van der Waals surface area contributed by atoms with Crippen LogP contribution in [0.25, 0.3) is 0 Å². The van der Waals surface area contributed by atoms with Gasteiger partial charge >= 0.3 is 0 Å². The van der Waals surface area contributed by atoms with Gasteiger partial charge in [-0.3, -0.25) is 4.79 Å². The molecule has 1 saturated heterocycles. The van der Waals surface area contributed by atoms with Crippen LogP contribution in [0.4, 0.5) is 11.4 Å². The number of aryl methyl sites for hydroxylation is 1. The molecule has 0 unspecified atom stereocenters. The number of carbonyl (C=O) groups excluding carboxylic acids is 1. The monoisotopic (exact) mass is 303 g/mol. The van der Waals surface area contributed by atoms with Gasteiger partial charge in [0.25, 0.3) is 0 Å². The Hall–Kier alpha value is -1.55. The van der Waals surface area contributed by atoms with Crippen LogP contribution in [0.3, 0.4) is 0 Å². The van der Waals surface area contributed by atoms with Crippen molar-refractivity contribution in [2.24, 2.45) is 0 Å². The Morgan fingerprint density at radius 1 is 1.18 bits per heavy atom. The fourth-order valence-corrected chi connectivity index (χ4v) is 2.86. The molecule has 0 spiro atoms. The van der Waals surface area contributed by atoms with Crippen molar-refractivity contribution < 1.29 is 4.79 Å². The summed E-state index contributed by atoms with van der Waals surface area (Å²) in [7, 11) is 0.